The topological polar surface area (TPSA) is 86.2 Å². The summed E-state index contributed by atoms with van der Waals surface area (Å²) in [4.78, 5) is 20.8. The Morgan fingerprint density at radius 1 is 1.21 bits per heavy atom. The van der Waals surface area contributed by atoms with Gasteiger partial charge >= 0.3 is 5.69 Å². The van der Waals surface area contributed by atoms with Gasteiger partial charge in [-0.25, -0.2) is 0 Å². The fourth-order valence-electron chi connectivity index (χ4n) is 1.57. The number of nitrogens with zero attached hydrogens (tertiary/aromatic N) is 2. The van der Waals surface area contributed by atoms with E-state index < -0.39 is 4.92 Å². The third-order valence-electron chi connectivity index (χ3n) is 2.54. The van der Waals surface area contributed by atoms with Crippen LogP contribution in [0.4, 0.5) is 5.69 Å². The van der Waals surface area contributed by atoms with Crippen LogP contribution in [0.5, 0.6) is 0 Å². The van der Waals surface area contributed by atoms with Gasteiger partial charge in [0.25, 0.3) is 0 Å². The maximum Gasteiger partial charge on any atom is 0.338 e. The summed E-state index contributed by atoms with van der Waals surface area (Å²) in [6.07, 6.45) is 3.88. The van der Waals surface area contributed by atoms with Crippen molar-refractivity contribution in [1.82, 2.24) is 5.16 Å². The quantitative estimate of drug-likeness (QED) is 0.478. The van der Waals surface area contributed by atoms with Gasteiger partial charge in [0.05, 0.1) is 4.92 Å². The third kappa shape index (κ3) is 2.74. The Labute approximate surface area is 108 Å². The highest BCUT2D eigenvalue weighted by Crippen LogP contribution is 2.24. The summed E-state index contributed by atoms with van der Waals surface area (Å²) in [5, 5.41) is 14.4. The zero-order valence-electron chi connectivity index (χ0n) is 10.1. The maximum atomic E-state index is 10.8. The molecule has 0 amide bonds. The van der Waals surface area contributed by atoms with Crippen LogP contribution in [-0.4, -0.2) is 16.4 Å². The average molecular weight is 258 g/mol. The van der Waals surface area contributed by atoms with Gasteiger partial charge < -0.3 is 4.52 Å². The lowest BCUT2D eigenvalue weighted by molar-refractivity contribution is -0.386. The monoisotopic (exact) mass is 258 g/mol. The van der Waals surface area contributed by atoms with Crippen LogP contribution in [0.15, 0.2) is 28.8 Å². The highest BCUT2D eigenvalue weighted by Gasteiger charge is 2.21. The first-order valence-electron chi connectivity index (χ1n) is 5.46. The van der Waals surface area contributed by atoms with Gasteiger partial charge in [0, 0.05) is 5.56 Å². The number of aldehydes is 1. The smallest absolute Gasteiger partial charge is 0.338 e. The number of hydrogen-bond acceptors (Lipinski definition) is 5. The van der Waals surface area contributed by atoms with Gasteiger partial charge in [0.15, 0.2) is 5.69 Å². The first kappa shape index (κ1) is 12.7. The molecule has 2 aromatic rings. The highest BCUT2D eigenvalue weighted by molar-refractivity contribution is 5.77. The number of nitro groups is 1. The van der Waals surface area contributed by atoms with E-state index in [4.69, 9.17) is 4.52 Å². The molecular weight excluding hydrogens is 248 g/mol. The van der Waals surface area contributed by atoms with E-state index in [0.29, 0.717) is 5.56 Å². The number of aryl methyl sites for hydroxylation is 1. The zero-order chi connectivity index (χ0) is 13.8. The molecule has 19 heavy (non-hydrogen) atoms. The summed E-state index contributed by atoms with van der Waals surface area (Å²) >= 11 is 0. The maximum absolute atomic E-state index is 10.8. The number of carbonyl (C=O) groups is 1. The van der Waals surface area contributed by atoms with E-state index in [-0.39, 0.29) is 17.1 Å². The molecule has 2 rings (SSSR count). The third-order valence-corrected chi connectivity index (χ3v) is 2.54. The summed E-state index contributed by atoms with van der Waals surface area (Å²) in [6.45, 7) is 1.51. The van der Waals surface area contributed by atoms with Gasteiger partial charge in [-0.15, -0.1) is 0 Å². The zero-order valence-corrected chi connectivity index (χ0v) is 10.1. The molecule has 1 heterocycles. The van der Waals surface area contributed by atoms with Gasteiger partial charge in [0.2, 0.25) is 5.76 Å². The summed E-state index contributed by atoms with van der Waals surface area (Å²) in [5.74, 6) is 0.0990. The van der Waals surface area contributed by atoms with Crippen molar-refractivity contribution in [2.75, 3.05) is 0 Å². The van der Waals surface area contributed by atoms with Crippen molar-refractivity contribution in [2.45, 2.75) is 6.92 Å². The van der Waals surface area contributed by atoms with Crippen LogP contribution in [0.25, 0.3) is 12.2 Å². The Kier molecular flexibility index (Phi) is 3.51. The van der Waals surface area contributed by atoms with E-state index >= 15 is 0 Å². The lowest BCUT2D eigenvalue weighted by atomic mass is 10.1. The molecule has 96 valence electrons. The summed E-state index contributed by atoms with van der Waals surface area (Å²) in [5.41, 5.74) is 1.47. The molecule has 0 spiro atoms. The molecule has 0 bridgehead atoms. The van der Waals surface area contributed by atoms with Crippen molar-refractivity contribution in [1.29, 1.82) is 0 Å². The van der Waals surface area contributed by atoms with E-state index in [1.807, 2.05) is 0 Å². The van der Waals surface area contributed by atoms with E-state index in [1.54, 1.807) is 30.3 Å². The highest BCUT2D eigenvalue weighted by atomic mass is 16.6. The Morgan fingerprint density at radius 3 is 2.42 bits per heavy atom. The fourth-order valence-corrected chi connectivity index (χ4v) is 1.57. The van der Waals surface area contributed by atoms with Crippen LogP contribution >= 0.6 is 0 Å². The molecular formula is C13H10N2O4. The van der Waals surface area contributed by atoms with Crippen LogP contribution < -0.4 is 0 Å². The molecule has 0 radical (unpaired) electrons. The van der Waals surface area contributed by atoms with Gasteiger partial charge in [-0.3, -0.25) is 14.9 Å². The number of aromatic nitrogens is 1. The second-order valence-electron chi connectivity index (χ2n) is 3.86. The van der Waals surface area contributed by atoms with Gasteiger partial charge in [-0.05, 0) is 18.6 Å². The van der Waals surface area contributed by atoms with Crippen LogP contribution in [0, 0.1) is 17.0 Å². The van der Waals surface area contributed by atoms with Gasteiger partial charge in [0.1, 0.15) is 6.29 Å². The van der Waals surface area contributed by atoms with Crippen molar-refractivity contribution in [3.05, 3.63) is 57.0 Å². The molecule has 1 aromatic heterocycles. The Morgan fingerprint density at radius 2 is 1.84 bits per heavy atom. The molecule has 0 aliphatic heterocycles. The molecule has 1 aromatic carbocycles. The Hall–Kier alpha value is -2.76. The fraction of sp³-hybridized carbons (Fsp3) is 0.0769. The van der Waals surface area contributed by atoms with Gasteiger partial charge in [-0.1, -0.05) is 35.5 Å². The minimum absolute atomic E-state index is 0.0990. The standard InChI is InChI=1S/C13H10N2O4/c1-9-13(15(17)18)12(19-14-9)7-6-10-2-4-11(8-16)5-3-10/h2-8H,1H3. The number of rotatable bonds is 4. The van der Waals surface area contributed by atoms with Crippen molar-refractivity contribution in [2.24, 2.45) is 0 Å². The second kappa shape index (κ2) is 5.26. The number of carbonyl (C=O) groups excluding carboxylic acids is 1. The lowest BCUT2D eigenvalue weighted by Crippen LogP contribution is -1.90. The van der Waals surface area contributed by atoms with Crippen molar-refractivity contribution in [3.63, 3.8) is 0 Å². The average Bonchev–Trinajstić information content (AvgIpc) is 2.78. The van der Waals surface area contributed by atoms with Gasteiger partial charge in [-0.2, -0.15) is 0 Å². The van der Waals surface area contributed by atoms with E-state index in [1.165, 1.54) is 13.0 Å². The molecule has 6 heteroatoms. The molecule has 0 saturated carbocycles. The van der Waals surface area contributed by atoms with Crippen molar-refractivity contribution < 1.29 is 14.2 Å². The van der Waals surface area contributed by atoms with Crippen LogP contribution in [0.2, 0.25) is 0 Å². The van der Waals surface area contributed by atoms with Crippen LogP contribution in [0.1, 0.15) is 27.4 Å². The molecule has 6 nitrogen and oxygen atoms in total. The largest absolute Gasteiger partial charge is 0.349 e. The molecule has 0 N–H and O–H groups in total. The van der Waals surface area contributed by atoms with E-state index in [9.17, 15) is 14.9 Å². The first-order chi connectivity index (χ1) is 9.11. The van der Waals surface area contributed by atoms with Crippen LogP contribution in [0.3, 0.4) is 0 Å². The Balaban J connectivity index is 2.27. The molecule has 0 fully saturated rings. The first-order valence-corrected chi connectivity index (χ1v) is 5.46. The predicted molar refractivity (Wildman–Crippen MR) is 68.7 cm³/mol. The summed E-state index contributed by atoms with van der Waals surface area (Å²) in [7, 11) is 0. The molecule has 0 aliphatic carbocycles. The normalized spacial score (nSPS) is 10.8. The van der Waals surface area contributed by atoms with E-state index in [0.717, 1.165) is 11.8 Å². The molecule has 0 atom stereocenters. The number of hydrogen-bond donors (Lipinski definition) is 0. The number of benzene rings is 1. The summed E-state index contributed by atoms with van der Waals surface area (Å²) in [6, 6.07) is 6.78. The lowest BCUT2D eigenvalue weighted by Gasteiger charge is -1.93. The Bertz CT molecular complexity index is 641. The van der Waals surface area contributed by atoms with E-state index in [2.05, 4.69) is 5.16 Å². The van der Waals surface area contributed by atoms with Crippen molar-refractivity contribution >= 4 is 24.1 Å². The minimum atomic E-state index is -0.527. The molecule has 0 saturated heterocycles. The van der Waals surface area contributed by atoms with Crippen molar-refractivity contribution in [3.8, 4) is 0 Å². The summed E-state index contributed by atoms with van der Waals surface area (Å²) < 4.78 is 4.89. The van der Waals surface area contributed by atoms with Crippen LogP contribution in [-0.2, 0) is 0 Å². The molecule has 0 aliphatic rings. The SMILES string of the molecule is Cc1noc(C=Cc2ccc(C=O)cc2)c1[N+](=O)[O-]. The predicted octanol–water partition coefficient (Wildman–Crippen LogP) is 2.87. The second-order valence-corrected chi connectivity index (χ2v) is 3.86. The minimum Gasteiger partial charge on any atom is -0.349 e. The molecule has 0 unspecified atom stereocenters.